The zero-order chi connectivity index (χ0) is 15.4. The number of piperidine rings is 1. The van der Waals surface area contributed by atoms with Crippen molar-refractivity contribution < 1.29 is 8.42 Å². The molecule has 2 aliphatic rings. The SMILES string of the molecule is O=S(=O)(c1ccccc1)N1CCN(CC2CCNCC2)CC1. The summed E-state index contributed by atoms with van der Waals surface area (Å²) in [6, 6.07) is 8.75. The minimum Gasteiger partial charge on any atom is -0.317 e. The zero-order valence-corrected chi connectivity index (χ0v) is 13.8. The van der Waals surface area contributed by atoms with Crippen molar-refractivity contribution in [2.45, 2.75) is 17.7 Å². The molecule has 0 radical (unpaired) electrons. The number of sulfonamides is 1. The number of hydrogen-bond donors (Lipinski definition) is 1. The van der Waals surface area contributed by atoms with Crippen LogP contribution in [0, 0.1) is 5.92 Å². The van der Waals surface area contributed by atoms with E-state index in [-0.39, 0.29) is 0 Å². The van der Waals surface area contributed by atoms with Gasteiger partial charge >= 0.3 is 0 Å². The highest BCUT2D eigenvalue weighted by atomic mass is 32.2. The Labute approximate surface area is 133 Å². The van der Waals surface area contributed by atoms with Crippen molar-refractivity contribution in [3.63, 3.8) is 0 Å². The fraction of sp³-hybridized carbons (Fsp3) is 0.625. The molecule has 2 fully saturated rings. The van der Waals surface area contributed by atoms with E-state index in [1.807, 2.05) is 6.07 Å². The van der Waals surface area contributed by atoms with E-state index in [0.717, 1.165) is 38.6 Å². The number of rotatable bonds is 4. The van der Waals surface area contributed by atoms with E-state index in [1.54, 1.807) is 28.6 Å². The van der Waals surface area contributed by atoms with Gasteiger partial charge in [0.05, 0.1) is 4.90 Å². The monoisotopic (exact) mass is 323 g/mol. The van der Waals surface area contributed by atoms with Crippen LogP contribution in [0.25, 0.3) is 0 Å². The lowest BCUT2D eigenvalue weighted by atomic mass is 9.97. The van der Waals surface area contributed by atoms with Crippen LogP contribution in [0.15, 0.2) is 35.2 Å². The number of hydrogen-bond acceptors (Lipinski definition) is 4. The maximum atomic E-state index is 12.6. The summed E-state index contributed by atoms with van der Waals surface area (Å²) in [6.07, 6.45) is 2.48. The van der Waals surface area contributed by atoms with Crippen LogP contribution in [0.4, 0.5) is 0 Å². The summed E-state index contributed by atoms with van der Waals surface area (Å²) in [7, 11) is -3.32. The summed E-state index contributed by atoms with van der Waals surface area (Å²) in [5.74, 6) is 0.763. The van der Waals surface area contributed by atoms with Crippen LogP contribution in [0.2, 0.25) is 0 Å². The molecule has 0 aliphatic carbocycles. The zero-order valence-electron chi connectivity index (χ0n) is 12.9. The Hall–Kier alpha value is -0.950. The lowest BCUT2D eigenvalue weighted by Crippen LogP contribution is -2.50. The van der Waals surface area contributed by atoms with Crippen molar-refractivity contribution in [2.24, 2.45) is 5.92 Å². The number of benzene rings is 1. The van der Waals surface area contributed by atoms with Crippen LogP contribution in [0.3, 0.4) is 0 Å². The van der Waals surface area contributed by atoms with E-state index in [2.05, 4.69) is 10.2 Å². The second-order valence-corrected chi connectivity index (χ2v) is 8.15. The minimum absolute atomic E-state index is 0.404. The topological polar surface area (TPSA) is 52.7 Å². The third kappa shape index (κ3) is 3.68. The normalized spacial score (nSPS) is 22.7. The Morgan fingerprint density at radius 2 is 1.64 bits per heavy atom. The molecule has 1 N–H and O–H groups in total. The molecule has 1 aromatic carbocycles. The second-order valence-electron chi connectivity index (χ2n) is 6.21. The molecule has 2 aliphatic heterocycles. The van der Waals surface area contributed by atoms with Gasteiger partial charge in [-0.25, -0.2) is 8.42 Å². The highest BCUT2D eigenvalue weighted by molar-refractivity contribution is 7.89. The van der Waals surface area contributed by atoms with Gasteiger partial charge in [-0.2, -0.15) is 4.31 Å². The van der Waals surface area contributed by atoms with Crippen LogP contribution >= 0.6 is 0 Å². The standard InChI is InChI=1S/C16H25N3O2S/c20-22(21,16-4-2-1-3-5-16)19-12-10-18(11-13-19)14-15-6-8-17-9-7-15/h1-5,15,17H,6-14H2. The Morgan fingerprint density at radius 3 is 2.27 bits per heavy atom. The summed E-state index contributed by atoms with van der Waals surface area (Å²) in [4.78, 5) is 2.83. The third-order valence-electron chi connectivity index (χ3n) is 4.69. The van der Waals surface area contributed by atoms with E-state index in [4.69, 9.17) is 0 Å². The van der Waals surface area contributed by atoms with Gasteiger partial charge in [0.1, 0.15) is 0 Å². The molecular weight excluding hydrogens is 298 g/mol. The second kappa shape index (κ2) is 7.08. The molecule has 0 aromatic heterocycles. The van der Waals surface area contributed by atoms with E-state index < -0.39 is 10.0 Å². The van der Waals surface area contributed by atoms with Gasteiger partial charge in [-0.3, -0.25) is 0 Å². The van der Waals surface area contributed by atoms with E-state index >= 15 is 0 Å². The smallest absolute Gasteiger partial charge is 0.243 e. The summed E-state index contributed by atoms with van der Waals surface area (Å²) < 4.78 is 26.8. The average molecular weight is 323 g/mol. The van der Waals surface area contributed by atoms with Gasteiger partial charge in [0.25, 0.3) is 0 Å². The van der Waals surface area contributed by atoms with Crippen LogP contribution in [-0.2, 0) is 10.0 Å². The first kappa shape index (κ1) is 15.9. The highest BCUT2D eigenvalue weighted by Gasteiger charge is 2.29. The van der Waals surface area contributed by atoms with Gasteiger partial charge in [0.2, 0.25) is 10.0 Å². The van der Waals surface area contributed by atoms with Gasteiger partial charge in [-0.05, 0) is 44.0 Å². The molecule has 6 heteroatoms. The lowest BCUT2D eigenvalue weighted by Gasteiger charge is -2.36. The van der Waals surface area contributed by atoms with E-state index in [9.17, 15) is 8.42 Å². The summed E-state index contributed by atoms with van der Waals surface area (Å²) in [6.45, 7) is 6.23. The van der Waals surface area contributed by atoms with Gasteiger partial charge in [0, 0.05) is 32.7 Å². The van der Waals surface area contributed by atoms with E-state index in [1.165, 1.54) is 12.8 Å². The summed E-state index contributed by atoms with van der Waals surface area (Å²) in [5, 5.41) is 3.39. The predicted octanol–water partition coefficient (Wildman–Crippen LogP) is 0.992. The summed E-state index contributed by atoms with van der Waals surface area (Å²) >= 11 is 0. The van der Waals surface area contributed by atoms with Crippen LogP contribution < -0.4 is 5.32 Å². The number of nitrogens with one attached hydrogen (secondary N) is 1. The summed E-state index contributed by atoms with van der Waals surface area (Å²) in [5.41, 5.74) is 0. The molecule has 2 heterocycles. The molecular formula is C16H25N3O2S. The van der Waals surface area contributed by atoms with Crippen LogP contribution in [0.1, 0.15) is 12.8 Å². The molecule has 0 unspecified atom stereocenters. The maximum Gasteiger partial charge on any atom is 0.243 e. The van der Waals surface area contributed by atoms with Gasteiger partial charge < -0.3 is 10.2 Å². The quantitative estimate of drug-likeness (QED) is 0.898. The van der Waals surface area contributed by atoms with Crippen LogP contribution in [-0.4, -0.2) is 63.4 Å². The van der Waals surface area contributed by atoms with Gasteiger partial charge in [0.15, 0.2) is 0 Å². The first-order chi connectivity index (χ1) is 10.7. The van der Waals surface area contributed by atoms with Crippen molar-refractivity contribution in [1.82, 2.24) is 14.5 Å². The van der Waals surface area contributed by atoms with Crippen molar-refractivity contribution in [3.05, 3.63) is 30.3 Å². The van der Waals surface area contributed by atoms with Crippen molar-refractivity contribution in [2.75, 3.05) is 45.8 Å². The Balaban J connectivity index is 1.55. The minimum atomic E-state index is -3.32. The first-order valence-corrected chi connectivity index (χ1v) is 9.58. The number of piperazine rings is 1. The van der Waals surface area contributed by atoms with Crippen molar-refractivity contribution >= 4 is 10.0 Å². The molecule has 0 bridgehead atoms. The molecule has 2 saturated heterocycles. The first-order valence-electron chi connectivity index (χ1n) is 8.14. The molecule has 22 heavy (non-hydrogen) atoms. The Bertz CT molecular complexity index is 562. The van der Waals surface area contributed by atoms with Gasteiger partial charge in [-0.1, -0.05) is 18.2 Å². The lowest BCUT2D eigenvalue weighted by molar-refractivity contribution is 0.152. The molecule has 3 rings (SSSR count). The molecule has 1 aromatic rings. The fourth-order valence-corrected chi connectivity index (χ4v) is 4.77. The fourth-order valence-electron chi connectivity index (χ4n) is 3.32. The van der Waals surface area contributed by atoms with Crippen LogP contribution in [0.5, 0.6) is 0 Å². The Morgan fingerprint density at radius 1 is 1.00 bits per heavy atom. The van der Waals surface area contributed by atoms with Crippen molar-refractivity contribution in [3.8, 4) is 0 Å². The third-order valence-corrected chi connectivity index (χ3v) is 6.60. The molecule has 0 atom stereocenters. The number of nitrogens with zero attached hydrogens (tertiary/aromatic N) is 2. The van der Waals surface area contributed by atoms with Crippen molar-refractivity contribution in [1.29, 1.82) is 0 Å². The largest absolute Gasteiger partial charge is 0.317 e. The Kier molecular flexibility index (Phi) is 5.13. The molecule has 5 nitrogen and oxygen atoms in total. The molecule has 122 valence electrons. The highest BCUT2D eigenvalue weighted by Crippen LogP contribution is 2.19. The average Bonchev–Trinajstić information content (AvgIpc) is 2.57. The molecule has 0 spiro atoms. The maximum absolute atomic E-state index is 12.6. The molecule has 0 saturated carbocycles. The van der Waals surface area contributed by atoms with Gasteiger partial charge in [-0.15, -0.1) is 0 Å². The van der Waals surface area contributed by atoms with E-state index in [0.29, 0.717) is 18.0 Å². The molecule has 0 amide bonds. The predicted molar refractivity (Wildman–Crippen MR) is 87.2 cm³/mol.